The molecule has 0 aromatic rings. The van der Waals surface area contributed by atoms with E-state index < -0.39 is 9.28 Å². The Labute approximate surface area is 83.5 Å². The molecule has 1 rings (SSSR count). The van der Waals surface area contributed by atoms with E-state index in [2.05, 4.69) is 13.8 Å². The quantitative estimate of drug-likeness (QED) is 0.616. The molecular weight excluding hydrogens is 180 g/mol. The van der Waals surface area contributed by atoms with Crippen LogP contribution in [0.15, 0.2) is 0 Å². The largest absolute Gasteiger partial charge is 0.397 e. The minimum atomic E-state index is -1.29. The van der Waals surface area contributed by atoms with Crippen LogP contribution in [0.4, 0.5) is 0 Å². The predicted molar refractivity (Wildman–Crippen MR) is 57.2 cm³/mol. The van der Waals surface area contributed by atoms with Crippen molar-refractivity contribution in [2.75, 3.05) is 13.2 Å². The summed E-state index contributed by atoms with van der Waals surface area (Å²) in [7, 11) is -1.29. The summed E-state index contributed by atoms with van der Waals surface area (Å²) in [5.41, 5.74) is 0. The highest BCUT2D eigenvalue weighted by molar-refractivity contribution is 6.44. The van der Waals surface area contributed by atoms with Crippen molar-refractivity contribution in [3.63, 3.8) is 0 Å². The summed E-state index contributed by atoms with van der Waals surface area (Å²) in [6.45, 7) is 5.77. The van der Waals surface area contributed by atoms with Crippen molar-refractivity contribution >= 4 is 9.28 Å². The smallest absolute Gasteiger partial charge is 0.321 e. The molecule has 0 saturated heterocycles. The van der Waals surface area contributed by atoms with E-state index in [9.17, 15) is 0 Å². The van der Waals surface area contributed by atoms with Gasteiger partial charge < -0.3 is 8.85 Å². The molecule has 0 atom stereocenters. The van der Waals surface area contributed by atoms with E-state index in [0.29, 0.717) is 0 Å². The predicted octanol–water partition coefficient (Wildman–Crippen LogP) is 2.47. The molecule has 3 heteroatoms. The van der Waals surface area contributed by atoms with Gasteiger partial charge in [0, 0.05) is 13.2 Å². The van der Waals surface area contributed by atoms with Crippen LogP contribution in [0.25, 0.3) is 0 Å². The lowest BCUT2D eigenvalue weighted by molar-refractivity contribution is 0.208. The van der Waals surface area contributed by atoms with Gasteiger partial charge >= 0.3 is 9.28 Å². The lowest BCUT2D eigenvalue weighted by Gasteiger charge is -2.17. The van der Waals surface area contributed by atoms with Crippen LogP contribution in [-0.4, -0.2) is 22.5 Å². The van der Waals surface area contributed by atoms with Crippen molar-refractivity contribution < 1.29 is 8.85 Å². The van der Waals surface area contributed by atoms with E-state index in [-0.39, 0.29) is 0 Å². The first kappa shape index (κ1) is 11.2. The van der Waals surface area contributed by atoms with Gasteiger partial charge in [0.25, 0.3) is 0 Å². The van der Waals surface area contributed by atoms with Crippen LogP contribution in [-0.2, 0) is 8.85 Å². The molecule has 78 valence electrons. The van der Waals surface area contributed by atoms with Gasteiger partial charge in [0.1, 0.15) is 0 Å². The molecule has 0 radical (unpaired) electrons. The van der Waals surface area contributed by atoms with Crippen molar-refractivity contribution in [2.45, 2.75) is 45.6 Å². The number of rotatable bonds is 6. The fourth-order valence-corrected chi connectivity index (χ4v) is 4.20. The Morgan fingerprint density at radius 1 is 1.08 bits per heavy atom. The molecule has 1 fully saturated rings. The van der Waals surface area contributed by atoms with Gasteiger partial charge in [-0.3, -0.25) is 0 Å². The normalized spacial score (nSPS) is 18.7. The zero-order chi connectivity index (χ0) is 9.52. The minimum absolute atomic E-state index is 0.823. The average molecular weight is 202 g/mol. The van der Waals surface area contributed by atoms with E-state index in [0.717, 1.165) is 19.1 Å². The van der Waals surface area contributed by atoms with Crippen molar-refractivity contribution in [3.8, 4) is 0 Å². The van der Waals surface area contributed by atoms with Gasteiger partial charge in [-0.2, -0.15) is 0 Å². The van der Waals surface area contributed by atoms with Crippen LogP contribution in [0.2, 0.25) is 6.04 Å². The van der Waals surface area contributed by atoms with Crippen LogP contribution in [0.1, 0.15) is 39.5 Å². The summed E-state index contributed by atoms with van der Waals surface area (Å²) < 4.78 is 11.3. The molecule has 0 bridgehead atoms. The van der Waals surface area contributed by atoms with Gasteiger partial charge in [0.05, 0.1) is 0 Å². The molecule has 0 aromatic carbocycles. The molecule has 0 unspecified atom stereocenters. The first-order valence-corrected chi connectivity index (χ1v) is 7.36. The second kappa shape index (κ2) is 6.57. The first-order chi connectivity index (χ1) is 6.36. The van der Waals surface area contributed by atoms with E-state index >= 15 is 0 Å². The summed E-state index contributed by atoms with van der Waals surface area (Å²) in [5.74, 6) is 0.912. The van der Waals surface area contributed by atoms with Gasteiger partial charge in [-0.1, -0.05) is 25.7 Å². The van der Waals surface area contributed by atoms with E-state index in [1.165, 1.54) is 31.7 Å². The Morgan fingerprint density at radius 2 is 1.62 bits per heavy atom. The standard InChI is InChI=1S/C10H22O2Si/c1-3-11-13(12-4-2)9-10-7-5-6-8-10/h10,13H,3-9H2,1-2H3. The SMILES string of the molecule is CCO[SiH](CC1CCCC1)OCC. The molecule has 0 spiro atoms. The van der Waals surface area contributed by atoms with Crippen molar-refractivity contribution in [2.24, 2.45) is 5.92 Å². The second-order valence-corrected chi connectivity index (χ2v) is 5.72. The van der Waals surface area contributed by atoms with Gasteiger partial charge in [0.15, 0.2) is 0 Å². The minimum Gasteiger partial charge on any atom is -0.397 e. The fourth-order valence-electron chi connectivity index (χ4n) is 2.07. The van der Waals surface area contributed by atoms with Gasteiger partial charge in [-0.15, -0.1) is 0 Å². The van der Waals surface area contributed by atoms with Crippen LogP contribution < -0.4 is 0 Å². The van der Waals surface area contributed by atoms with E-state index in [4.69, 9.17) is 8.85 Å². The molecule has 0 heterocycles. The summed E-state index contributed by atoms with van der Waals surface area (Å²) >= 11 is 0. The molecule has 0 amide bonds. The highest BCUT2D eigenvalue weighted by atomic mass is 28.3. The van der Waals surface area contributed by atoms with E-state index in [1.54, 1.807) is 0 Å². The van der Waals surface area contributed by atoms with Crippen molar-refractivity contribution in [1.29, 1.82) is 0 Å². The number of hydrogen-bond acceptors (Lipinski definition) is 2. The Morgan fingerprint density at radius 3 is 2.08 bits per heavy atom. The Kier molecular flexibility index (Phi) is 5.67. The fraction of sp³-hybridized carbons (Fsp3) is 1.00. The highest BCUT2D eigenvalue weighted by Crippen LogP contribution is 2.29. The molecule has 2 nitrogen and oxygen atoms in total. The molecule has 0 aromatic heterocycles. The molecule has 0 aliphatic heterocycles. The summed E-state index contributed by atoms with van der Waals surface area (Å²) in [4.78, 5) is 0. The molecule has 1 aliphatic rings. The zero-order valence-corrected chi connectivity index (χ0v) is 10.1. The third-order valence-corrected chi connectivity index (χ3v) is 5.17. The monoisotopic (exact) mass is 202 g/mol. The maximum absolute atomic E-state index is 5.66. The van der Waals surface area contributed by atoms with Gasteiger partial charge in [-0.05, 0) is 25.8 Å². The van der Waals surface area contributed by atoms with Crippen LogP contribution in [0, 0.1) is 5.92 Å². The lowest BCUT2D eigenvalue weighted by atomic mass is 10.1. The number of hydrogen-bond donors (Lipinski definition) is 0. The Hall–Kier alpha value is 0.137. The summed E-state index contributed by atoms with van der Waals surface area (Å²) in [5, 5.41) is 0. The third kappa shape index (κ3) is 4.25. The van der Waals surface area contributed by atoms with Crippen LogP contribution >= 0.6 is 0 Å². The van der Waals surface area contributed by atoms with Crippen molar-refractivity contribution in [3.05, 3.63) is 0 Å². The zero-order valence-electron chi connectivity index (χ0n) is 8.92. The molecule has 0 N–H and O–H groups in total. The molecule has 1 aliphatic carbocycles. The van der Waals surface area contributed by atoms with E-state index in [1.807, 2.05) is 0 Å². The van der Waals surface area contributed by atoms with Crippen molar-refractivity contribution in [1.82, 2.24) is 0 Å². The molecule has 13 heavy (non-hydrogen) atoms. The van der Waals surface area contributed by atoms with Gasteiger partial charge in [0.2, 0.25) is 0 Å². The lowest BCUT2D eigenvalue weighted by Crippen LogP contribution is -2.25. The first-order valence-electron chi connectivity index (χ1n) is 5.60. The summed E-state index contributed by atoms with van der Waals surface area (Å²) in [6.07, 6.45) is 5.65. The Bertz CT molecular complexity index is 118. The molecule has 1 saturated carbocycles. The summed E-state index contributed by atoms with van der Waals surface area (Å²) in [6, 6.07) is 1.24. The van der Waals surface area contributed by atoms with Crippen LogP contribution in [0.3, 0.4) is 0 Å². The Balaban J connectivity index is 2.19. The second-order valence-electron chi connectivity index (χ2n) is 3.73. The molecular formula is C10H22O2Si. The van der Waals surface area contributed by atoms with Crippen LogP contribution in [0.5, 0.6) is 0 Å². The van der Waals surface area contributed by atoms with Gasteiger partial charge in [-0.25, -0.2) is 0 Å². The maximum atomic E-state index is 5.66. The average Bonchev–Trinajstić information content (AvgIpc) is 2.58. The topological polar surface area (TPSA) is 18.5 Å². The maximum Gasteiger partial charge on any atom is 0.321 e. The highest BCUT2D eigenvalue weighted by Gasteiger charge is 2.22. The third-order valence-electron chi connectivity index (χ3n) is 2.71.